The van der Waals surface area contributed by atoms with E-state index in [0.717, 1.165) is 5.56 Å². The molecule has 0 aliphatic carbocycles. The minimum atomic E-state index is -0.350. The quantitative estimate of drug-likeness (QED) is 0.500. The van der Waals surface area contributed by atoms with E-state index >= 15 is 0 Å². The average molecular weight is 415 g/mol. The lowest BCUT2D eigenvalue weighted by molar-refractivity contribution is 0.0951. The van der Waals surface area contributed by atoms with Gasteiger partial charge in [0.05, 0.1) is 11.9 Å². The van der Waals surface area contributed by atoms with Gasteiger partial charge in [-0.25, -0.2) is 9.07 Å². The van der Waals surface area contributed by atoms with Gasteiger partial charge in [-0.1, -0.05) is 12.1 Å². The Morgan fingerprint density at radius 3 is 2.65 bits per heavy atom. The van der Waals surface area contributed by atoms with Gasteiger partial charge < -0.3 is 14.6 Å². The van der Waals surface area contributed by atoms with E-state index in [1.54, 1.807) is 39.6 Å². The predicted molar refractivity (Wildman–Crippen MR) is 112 cm³/mol. The van der Waals surface area contributed by atoms with E-state index < -0.39 is 0 Å². The minimum Gasteiger partial charge on any atom is -0.479 e. The molecule has 0 unspecified atom stereocenters. The Morgan fingerprint density at radius 2 is 1.90 bits per heavy atom. The van der Waals surface area contributed by atoms with Crippen LogP contribution in [0.5, 0.6) is 5.75 Å². The van der Waals surface area contributed by atoms with Crippen molar-refractivity contribution in [3.63, 3.8) is 0 Å². The number of halogens is 1. The lowest BCUT2D eigenvalue weighted by atomic mass is 10.2. The number of ether oxygens (including phenoxy) is 1. The van der Waals surface area contributed by atoms with Gasteiger partial charge in [-0.3, -0.25) is 4.79 Å². The third-order valence-electron chi connectivity index (χ3n) is 4.56. The van der Waals surface area contributed by atoms with E-state index in [1.165, 1.54) is 18.3 Å². The molecular weight excluding hydrogens is 397 g/mol. The number of benzene rings is 2. The summed E-state index contributed by atoms with van der Waals surface area (Å²) in [4.78, 5) is 13.0. The van der Waals surface area contributed by atoms with Gasteiger partial charge in [-0.05, 0) is 54.1 Å². The topological polar surface area (TPSA) is 84.9 Å². The standard InChI is InChI=1S/C23H18FN5O2/c24-18-6-8-19(9-7-18)29-23(28-11-1-2-12-28)21(16-27-29)22(30)26-15-17-4-3-5-20(14-17)31-13-10-25/h1-9,11-12,14,16H,13,15H2,(H,26,30). The third-order valence-corrected chi connectivity index (χ3v) is 4.56. The number of hydrogen-bond acceptors (Lipinski definition) is 4. The fraction of sp³-hybridized carbons (Fsp3) is 0.0870. The lowest BCUT2D eigenvalue weighted by Crippen LogP contribution is -2.24. The first kappa shape index (κ1) is 19.9. The van der Waals surface area contributed by atoms with Gasteiger partial charge in [0.1, 0.15) is 23.2 Å². The van der Waals surface area contributed by atoms with Gasteiger partial charge in [0.25, 0.3) is 5.91 Å². The van der Waals surface area contributed by atoms with Crippen molar-refractivity contribution < 1.29 is 13.9 Å². The van der Waals surface area contributed by atoms with Crippen molar-refractivity contribution in [2.45, 2.75) is 6.54 Å². The van der Waals surface area contributed by atoms with E-state index in [9.17, 15) is 9.18 Å². The van der Waals surface area contributed by atoms with Crippen LogP contribution in [0.2, 0.25) is 0 Å². The van der Waals surface area contributed by atoms with Crippen LogP contribution in [0, 0.1) is 17.1 Å². The Hall–Kier alpha value is -4.38. The third kappa shape index (κ3) is 4.46. The van der Waals surface area contributed by atoms with Crippen LogP contribution in [-0.4, -0.2) is 26.9 Å². The van der Waals surface area contributed by atoms with Crippen molar-refractivity contribution in [1.82, 2.24) is 19.7 Å². The van der Waals surface area contributed by atoms with Gasteiger partial charge in [0.15, 0.2) is 12.4 Å². The van der Waals surface area contributed by atoms with Crippen molar-refractivity contribution in [2.24, 2.45) is 0 Å². The molecule has 4 rings (SSSR count). The molecule has 0 saturated heterocycles. The summed E-state index contributed by atoms with van der Waals surface area (Å²) in [6.45, 7) is 0.230. The summed E-state index contributed by atoms with van der Waals surface area (Å²) < 4.78 is 22.0. The molecule has 4 aromatic rings. The molecule has 2 aromatic heterocycles. The lowest BCUT2D eigenvalue weighted by Gasteiger charge is -2.11. The van der Waals surface area contributed by atoms with Crippen LogP contribution in [0.1, 0.15) is 15.9 Å². The van der Waals surface area contributed by atoms with Gasteiger partial charge in [-0.2, -0.15) is 10.4 Å². The van der Waals surface area contributed by atoms with Gasteiger partial charge in [0.2, 0.25) is 0 Å². The molecule has 0 bridgehead atoms. The number of carbonyl (C=O) groups is 1. The molecule has 1 N–H and O–H groups in total. The molecule has 2 heterocycles. The van der Waals surface area contributed by atoms with Crippen LogP contribution in [-0.2, 0) is 6.54 Å². The second-order valence-corrected chi connectivity index (χ2v) is 6.64. The number of aromatic nitrogens is 3. The van der Waals surface area contributed by atoms with Crippen LogP contribution < -0.4 is 10.1 Å². The molecule has 0 aliphatic rings. The highest BCUT2D eigenvalue weighted by atomic mass is 19.1. The first-order chi connectivity index (χ1) is 15.2. The molecule has 0 atom stereocenters. The number of rotatable bonds is 7. The van der Waals surface area contributed by atoms with Crippen LogP contribution in [0.25, 0.3) is 11.5 Å². The second-order valence-electron chi connectivity index (χ2n) is 6.64. The van der Waals surface area contributed by atoms with E-state index in [0.29, 0.717) is 22.8 Å². The highest BCUT2D eigenvalue weighted by Crippen LogP contribution is 2.20. The van der Waals surface area contributed by atoms with Gasteiger partial charge in [-0.15, -0.1) is 0 Å². The van der Waals surface area contributed by atoms with Crippen molar-refractivity contribution in [3.05, 3.63) is 96.2 Å². The Kier molecular flexibility index (Phi) is 5.76. The van der Waals surface area contributed by atoms with Crippen molar-refractivity contribution in [3.8, 4) is 23.3 Å². The summed E-state index contributed by atoms with van der Waals surface area (Å²) in [5.41, 5.74) is 1.83. The number of hydrogen-bond donors (Lipinski definition) is 1. The Labute approximate surface area is 177 Å². The zero-order valence-electron chi connectivity index (χ0n) is 16.4. The molecule has 0 radical (unpaired) electrons. The monoisotopic (exact) mass is 415 g/mol. The summed E-state index contributed by atoms with van der Waals surface area (Å²) in [7, 11) is 0. The summed E-state index contributed by atoms with van der Waals surface area (Å²) in [6, 6.07) is 18.7. The maximum atomic E-state index is 13.3. The SMILES string of the molecule is N#CCOc1cccc(CNC(=O)c2cnn(-c3ccc(F)cc3)c2-n2cccc2)c1. The highest BCUT2D eigenvalue weighted by Gasteiger charge is 2.20. The summed E-state index contributed by atoms with van der Waals surface area (Å²) >= 11 is 0. The molecule has 31 heavy (non-hydrogen) atoms. The summed E-state index contributed by atoms with van der Waals surface area (Å²) in [5, 5.41) is 15.9. The van der Waals surface area contributed by atoms with Crippen molar-refractivity contribution in [1.29, 1.82) is 5.26 Å². The molecule has 8 heteroatoms. The molecule has 0 fully saturated rings. The smallest absolute Gasteiger partial charge is 0.256 e. The van der Waals surface area contributed by atoms with Gasteiger partial charge >= 0.3 is 0 Å². The molecular formula is C23H18FN5O2. The molecule has 0 saturated carbocycles. The fourth-order valence-electron chi connectivity index (χ4n) is 3.14. The molecule has 0 aliphatic heterocycles. The summed E-state index contributed by atoms with van der Waals surface area (Å²) in [5.74, 6) is 0.448. The second kappa shape index (κ2) is 8.97. The van der Waals surface area contributed by atoms with E-state index in [2.05, 4.69) is 10.4 Å². The van der Waals surface area contributed by atoms with Crippen LogP contribution in [0.4, 0.5) is 4.39 Å². The molecule has 7 nitrogen and oxygen atoms in total. The molecule has 0 spiro atoms. The number of nitrogens with one attached hydrogen (secondary N) is 1. The summed E-state index contributed by atoms with van der Waals surface area (Å²) in [6.07, 6.45) is 5.11. The Bertz CT molecular complexity index is 1220. The zero-order valence-corrected chi connectivity index (χ0v) is 16.4. The van der Waals surface area contributed by atoms with Crippen LogP contribution in [0.15, 0.2) is 79.3 Å². The van der Waals surface area contributed by atoms with Crippen LogP contribution in [0.3, 0.4) is 0 Å². The minimum absolute atomic E-state index is 0.0430. The first-order valence-corrected chi connectivity index (χ1v) is 9.50. The van der Waals surface area contributed by atoms with Gasteiger partial charge in [0, 0.05) is 18.9 Å². The zero-order chi connectivity index (χ0) is 21.6. The molecule has 1 amide bonds. The average Bonchev–Trinajstić information content (AvgIpc) is 3.46. The number of nitriles is 1. The predicted octanol–water partition coefficient (Wildman–Crippen LogP) is 3.63. The molecule has 154 valence electrons. The first-order valence-electron chi connectivity index (χ1n) is 9.50. The van der Waals surface area contributed by atoms with E-state index in [-0.39, 0.29) is 24.9 Å². The normalized spacial score (nSPS) is 10.5. The fourth-order valence-corrected chi connectivity index (χ4v) is 3.14. The maximum Gasteiger partial charge on any atom is 0.256 e. The molecule has 2 aromatic carbocycles. The van der Waals surface area contributed by atoms with E-state index in [4.69, 9.17) is 10.00 Å². The number of carbonyl (C=O) groups excluding carboxylic acids is 1. The van der Waals surface area contributed by atoms with E-state index in [1.807, 2.05) is 36.7 Å². The number of nitrogens with zero attached hydrogens (tertiary/aromatic N) is 4. The maximum absolute atomic E-state index is 13.3. The highest BCUT2D eigenvalue weighted by molar-refractivity contribution is 5.97. The van der Waals surface area contributed by atoms with Crippen molar-refractivity contribution in [2.75, 3.05) is 6.61 Å². The Morgan fingerprint density at radius 1 is 1.13 bits per heavy atom. The number of amides is 1. The Balaban J connectivity index is 1.59. The van der Waals surface area contributed by atoms with Crippen LogP contribution >= 0.6 is 0 Å². The largest absolute Gasteiger partial charge is 0.479 e. The van der Waals surface area contributed by atoms with Crippen molar-refractivity contribution >= 4 is 5.91 Å².